The van der Waals surface area contributed by atoms with Crippen LogP contribution in [0.3, 0.4) is 0 Å². The summed E-state index contributed by atoms with van der Waals surface area (Å²) in [5.74, 6) is -1.70. The number of phenols is 1. The number of aromatic nitrogens is 1. The van der Waals surface area contributed by atoms with Crippen LogP contribution in [-0.2, 0) is 0 Å². The number of alkyl halides is 3. The molecule has 0 unspecified atom stereocenters. The van der Waals surface area contributed by atoms with Crippen molar-refractivity contribution in [2.45, 2.75) is 6.36 Å². The van der Waals surface area contributed by atoms with Crippen molar-refractivity contribution in [1.82, 2.24) is 4.98 Å². The molecule has 20 heavy (non-hydrogen) atoms. The molecule has 1 heterocycles. The van der Waals surface area contributed by atoms with Crippen molar-refractivity contribution >= 4 is 5.78 Å². The standard InChI is InChI=1S/C13H8F3NO3/c14-13(15,16)20-11-6-9(5-10(18)7-11)12(19)8-1-3-17-4-2-8/h1-7,18H. The van der Waals surface area contributed by atoms with Crippen LogP contribution in [0.1, 0.15) is 15.9 Å². The summed E-state index contributed by atoms with van der Waals surface area (Å²) in [6, 6.07) is 5.58. The fourth-order valence-electron chi connectivity index (χ4n) is 1.58. The predicted molar refractivity (Wildman–Crippen MR) is 62.5 cm³/mol. The summed E-state index contributed by atoms with van der Waals surface area (Å²) in [7, 11) is 0. The number of benzene rings is 1. The zero-order chi connectivity index (χ0) is 14.8. The van der Waals surface area contributed by atoms with Gasteiger partial charge in [-0.05, 0) is 24.3 Å². The van der Waals surface area contributed by atoms with Gasteiger partial charge in [0.15, 0.2) is 5.78 Å². The molecule has 0 aliphatic rings. The summed E-state index contributed by atoms with van der Waals surface area (Å²) in [5, 5.41) is 9.37. The normalized spacial score (nSPS) is 11.2. The Morgan fingerprint density at radius 3 is 2.35 bits per heavy atom. The van der Waals surface area contributed by atoms with Crippen molar-refractivity contribution in [1.29, 1.82) is 0 Å². The van der Waals surface area contributed by atoms with Gasteiger partial charge < -0.3 is 9.84 Å². The Labute approximate surface area is 111 Å². The van der Waals surface area contributed by atoms with Gasteiger partial charge in [0.2, 0.25) is 0 Å². The van der Waals surface area contributed by atoms with Crippen LogP contribution in [0.5, 0.6) is 11.5 Å². The predicted octanol–water partition coefficient (Wildman–Crippen LogP) is 2.92. The van der Waals surface area contributed by atoms with E-state index in [1.165, 1.54) is 24.5 Å². The first-order valence-corrected chi connectivity index (χ1v) is 5.40. The van der Waals surface area contributed by atoms with Crippen molar-refractivity contribution in [2.24, 2.45) is 0 Å². The molecule has 1 aromatic heterocycles. The number of nitrogens with zero attached hydrogens (tertiary/aromatic N) is 1. The van der Waals surface area contributed by atoms with Gasteiger partial charge >= 0.3 is 6.36 Å². The molecule has 7 heteroatoms. The highest BCUT2D eigenvalue weighted by Crippen LogP contribution is 2.28. The Hall–Kier alpha value is -2.57. The topological polar surface area (TPSA) is 59.4 Å². The SMILES string of the molecule is O=C(c1ccncc1)c1cc(O)cc(OC(F)(F)F)c1. The van der Waals surface area contributed by atoms with E-state index in [9.17, 15) is 23.1 Å². The van der Waals surface area contributed by atoms with Gasteiger partial charge in [-0.1, -0.05) is 0 Å². The molecule has 0 atom stereocenters. The van der Waals surface area contributed by atoms with Crippen LogP contribution in [0.15, 0.2) is 42.7 Å². The molecular formula is C13H8F3NO3. The average molecular weight is 283 g/mol. The lowest BCUT2D eigenvalue weighted by Gasteiger charge is -2.10. The summed E-state index contributed by atoms with van der Waals surface area (Å²) in [4.78, 5) is 15.8. The van der Waals surface area contributed by atoms with Crippen molar-refractivity contribution in [2.75, 3.05) is 0 Å². The molecular weight excluding hydrogens is 275 g/mol. The van der Waals surface area contributed by atoms with Crippen LogP contribution in [0.25, 0.3) is 0 Å². The Morgan fingerprint density at radius 1 is 1.10 bits per heavy atom. The first kappa shape index (κ1) is 13.9. The van der Waals surface area contributed by atoms with Gasteiger partial charge in [0.1, 0.15) is 11.5 Å². The van der Waals surface area contributed by atoms with Crippen LogP contribution >= 0.6 is 0 Å². The number of hydrogen-bond donors (Lipinski definition) is 1. The van der Waals surface area contributed by atoms with E-state index in [2.05, 4.69) is 9.72 Å². The molecule has 2 rings (SSSR count). The Balaban J connectivity index is 2.35. The molecule has 0 bridgehead atoms. The Bertz CT molecular complexity index is 627. The fourth-order valence-corrected chi connectivity index (χ4v) is 1.58. The van der Waals surface area contributed by atoms with Crippen LogP contribution in [0, 0.1) is 0 Å². The van der Waals surface area contributed by atoms with Gasteiger partial charge in [0.25, 0.3) is 0 Å². The van der Waals surface area contributed by atoms with Gasteiger partial charge in [0.05, 0.1) is 0 Å². The van der Waals surface area contributed by atoms with Crippen LogP contribution in [0.4, 0.5) is 13.2 Å². The van der Waals surface area contributed by atoms with Crippen LogP contribution in [0.2, 0.25) is 0 Å². The highest BCUT2D eigenvalue weighted by Gasteiger charge is 2.31. The first-order valence-electron chi connectivity index (χ1n) is 5.40. The molecule has 0 aliphatic carbocycles. The minimum atomic E-state index is -4.90. The second-order valence-corrected chi connectivity index (χ2v) is 3.83. The molecule has 4 nitrogen and oxygen atoms in total. The number of pyridine rings is 1. The summed E-state index contributed by atoms with van der Waals surface area (Å²) in [5.41, 5.74) is 0.124. The maximum Gasteiger partial charge on any atom is 0.573 e. The second kappa shape index (κ2) is 5.20. The molecule has 104 valence electrons. The van der Waals surface area contributed by atoms with Crippen LogP contribution in [-0.4, -0.2) is 22.2 Å². The maximum atomic E-state index is 12.1. The monoisotopic (exact) mass is 283 g/mol. The summed E-state index contributed by atoms with van der Waals surface area (Å²) in [6.45, 7) is 0. The van der Waals surface area contributed by atoms with Gasteiger partial charge in [-0.15, -0.1) is 13.2 Å². The van der Waals surface area contributed by atoms with E-state index in [1.54, 1.807) is 0 Å². The molecule has 0 saturated carbocycles. The van der Waals surface area contributed by atoms with Gasteiger partial charge in [0, 0.05) is 29.6 Å². The fraction of sp³-hybridized carbons (Fsp3) is 0.0769. The Kier molecular flexibility index (Phi) is 3.60. The molecule has 0 aliphatic heterocycles. The van der Waals surface area contributed by atoms with E-state index in [0.29, 0.717) is 0 Å². The quantitative estimate of drug-likeness (QED) is 0.880. The third-order valence-corrected chi connectivity index (χ3v) is 2.33. The van der Waals surface area contributed by atoms with Crippen LogP contribution < -0.4 is 4.74 Å². The highest BCUT2D eigenvalue weighted by atomic mass is 19.4. The van der Waals surface area contributed by atoms with E-state index < -0.39 is 23.6 Å². The summed E-state index contributed by atoms with van der Waals surface area (Å²) >= 11 is 0. The number of phenolic OH excluding ortho intramolecular Hbond substituents is 1. The second-order valence-electron chi connectivity index (χ2n) is 3.83. The molecule has 0 spiro atoms. The smallest absolute Gasteiger partial charge is 0.508 e. The summed E-state index contributed by atoms with van der Waals surface area (Å²) in [6.07, 6.45) is -2.14. The van der Waals surface area contributed by atoms with Gasteiger partial charge in [-0.3, -0.25) is 9.78 Å². The molecule has 0 fully saturated rings. The minimum absolute atomic E-state index is 0.115. The third kappa shape index (κ3) is 3.47. The zero-order valence-electron chi connectivity index (χ0n) is 9.89. The van der Waals surface area contributed by atoms with Gasteiger partial charge in [-0.2, -0.15) is 0 Å². The van der Waals surface area contributed by atoms with Crippen molar-refractivity contribution < 1.29 is 27.8 Å². The van der Waals surface area contributed by atoms with E-state index in [0.717, 1.165) is 18.2 Å². The lowest BCUT2D eigenvalue weighted by molar-refractivity contribution is -0.274. The largest absolute Gasteiger partial charge is 0.573 e. The average Bonchev–Trinajstić information content (AvgIpc) is 2.36. The van der Waals surface area contributed by atoms with E-state index in [1.807, 2.05) is 0 Å². The van der Waals surface area contributed by atoms with E-state index in [-0.39, 0.29) is 11.1 Å². The lowest BCUT2D eigenvalue weighted by atomic mass is 10.0. The van der Waals surface area contributed by atoms with E-state index >= 15 is 0 Å². The number of rotatable bonds is 3. The molecule has 1 aromatic carbocycles. The van der Waals surface area contributed by atoms with Gasteiger partial charge in [-0.25, -0.2) is 0 Å². The minimum Gasteiger partial charge on any atom is -0.508 e. The Morgan fingerprint density at radius 2 is 1.75 bits per heavy atom. The number of carbonyl (C=O) groups is 1. The van der Waals surface area contributed by atoms with Crippen molar-refractivity contribution in [3.63, 3.8) is 0 Å². The van der Waals surface area contributed by atoms with E-state index in [4.69, 9.17) is 0 Å². The molecule has 0 saturated heterocycles. The highest BCUT2D eigenvalue weighted by molar-refractivity contribution is 6.09. The lowest BCUT2D eigenvalue weighted by Crippen LogP contribution is -2.17. The van der Waals surface area contributed by atoms with Crippen molar-refractivity contribution in [3.8, 4) is 11.5 Å². The first-order chi connectivity index (χ1) is 9.35. The molecule has 0 amide bonds. The number of hydrogen-bond acceptors (Lipinski definition) is 4. The number of ketones is 1. The number of carbonyl (C=O) groups excluding carboxylic acids is 1. The number of aromatic hydroxyl groups is 1. The zero-order valence-corrected chi connectivity index (χ0v) is 9.89. The molecule has 0 radical (unpaired) electrons. The maximum absolute atomic E-state index is 12.1. The molecule has 1 N–H and O–H groups in total. The van der Waals surface area contributed by atoms with Crippen molar-refractivity contribution in [3.05, 3.63) is 53.9 Å². The third-order valence-electron chi connectivity index (χ3n) is 2.33. The number of ether oxygens (including phenoxy) is 1. The molecule has 2 aromatic rings. The summed E-state index contributed by atoms with van der Waals surface area (Å²) < 4.78 is 40.1. The number of halogens is 3.